The molecule has 2 aromatic rings. The molecular formula is C14H10F3N3. The molecule has 0 unspecified atom stereocenters. The van der Waals surface area contributed by atoms with E-state index in [9.17, 15) is 13.2 Å². The van der Waals surface area contributed by atoms with Crippen molar-refractivity contribution < 1.29 is 13.2 Å². The number of nitriles is 1. The first-order valence-electron chi connectivity index (χ1n) is 5.65. The number of nitrogens with two attached hydrogens (primary N) is 1. The normalized spacial score (nSPS) is 10.3. The highest BCUT2D eigenvalue weighted by Gasteiger charge is 2.14. The van der Waals surface area contributed by atoms with Crippen LogP contribution in [0.4, 0.5) is 30.2 Å². The van der Waals surface area contributed by atoms with Crippen molar-refractivity contribution in [1.29, 1.82) is 5.26 Å². The number of nitrogen functional groups attached to an aromatic ring is 1. The molecule has 0 aromatic heterocycles. The van der Waals surface area contributed by atoms with Gasteiger partial charge in [0.25, 0.3) is 6.43 Å². The van der Waals surface area contributed by atoms with Gasteiger partial charge in [0.1, 0.15) is 11.9 Å². The molecule has 0 radical (unpaired) electrons. The molecule has 0 heterocycles. The van der Waals surface area contributed by atoms with Gasteiger partial charge in [0, 0.05) is 22.6 Å². The number of rotatable bonds is 3. The lowest BCUT2D eigenvalue weighted by Gasteiger charge is -2.12. The molecule has 0 atom stereocenters. The Kier molecular flexibility index (Phi) is 3.80. The zero-order valence-electron chi connectivity index (χ0n) is 10.2. The molecule has 3 nitrogen and oxygen atoms in total. The summed E-state index contributed by atoms with van der Waals surface area (Å²) in [7, 11) is 0. The van der Waals surface area contributed by atoms with Gasteiger partial charge < -0.3 is 11.1 Å². The van der Waals surface area contributed by atoms with Crippen LogP contribution in [-0.4, -0.2) is 0 Å². The first kappa shape index (κ1) is 13.7. The summed E-state index contributed by atoms with van der Waals surface area (Å²) in [5.74, 6) is -0.663. The first-order chi connectivity index (χ1) is 9.51. The minimum absolute atomic E-state index is 0.157. The third-order valence-corrected chi connectivity index (χ3v) is 2.68. The van der Waals surface area contributed by atoms with Crippen LogP contribution in [0, 0.1) is 17.1 Å². The third kappa shape index (κ3) is 2.83. The van der Waals surface area contributed by atoms with Crippen molar-refractivity contribution in [2.75, 3.05) is 11.1 Å². The molecule has 0 aliphatic carbocycles. The zero-order chi connectivity index (χ0) is 14.7. The van der Waals surface area contributed by atoms with E-state index in [0.717, 1.165) is 6.07 Å². The van der Waals surface area contributed by atoms with Gasteiger partial charge in [0.05, 0.1) is 5.56 Å². The van der Waals surface area contributed by atoms with Crippen molar-refractivity contribution in [3.05, 3.63) is 53.3 Å². The standard InChI is InChI=1S/C14H10F3N3/c15-12-3-2-10(5-8(12)7-18)20-13-4-1-9(19)6-11(13)14(16)17/h1-6,14,20H,19H2. The van der Waals surface area contributed by atoms with Crippen molar-refractivity contribution in [3.63, 3.8) is 0 Å². The average Bonchev–Trinajstić information content (AvgIpc) is 2.42. The number of halogens is 3. The lowest BCUT2D eigenvalue weighted by Crippen LogP contribution is -1.99. The van der Waals surface area contributed by atoms with E-state index in [1.54, 1.807) is 6.07 Å². The monoisotopic (exact) mass is 277 g/mol. The third-order valence-electron chi connectivity index (χ3n) is 2.68. The molecule has 0 spiro atoms. The Morgan fingerprint density at radius 1 is 1.15 bits per heavy atom. The van der Waals surface area contributed by atoms with Crippen molar-refractivity contribution in [2.45, 2.75) is 6.43 Å². The van der Waals surface area contributed by atoms with Crippen LogP contribution in [0.25, 0.3) is 0 Å². The highest BCUT2D eigenvalue weighted by molar-refractivity contribution is 5.67. The Hall–Kier alpha value is -2.68. The number of hydrogen-bond acceptors (Lipinski definition) is 3. The second-order valence-corrected chi connectivity index (χ2v) is 4.08. The van der Waals surface area contributed by atoms with Gasteiger partial charge >= 0.3 is 0 Å². The topological polar surface area (TPSA) is 61.8 Å². The number of anilines is 3. The summed E-state index contributed by atoms with van der Waals surface area (Å²) in [6.45, 7) is 0. The molecule has 0 aliphatic rings. The predicted octanol–water partition coefficient (Wildman–Crippen LogP) is 3.96. The Balaban J connectivity index is 2.38. The fourth-order valence-corrected chi connectivity index (χ4v) is 1.72. The van der Waals surface area contributed by atoms with Crippen molar-refractivity contribution in [3.8, 4) is 6.07 Å². The average molecular weight is 277 g/mol. The highest BCUT2D eigenvalue weighted by Crippen LogP contribution is 2.31. The van der Waals surface area contributed by atoms with Gasteiger partial charge in [0.15, 0.2) is 0 Å². The smallest absolute Gasteiger partial charge is 0.265 e. The highest BCUT2D eigenvalue weighted by atomic mass is 19.3. The van der Waals surface area contributed by atoms with Crippen LogP contribution in [-0.2, 0) is 0 Å². The summed E-state index contributed by atoms with van der Waals surface area (Å²) in [6.07, 6.45) is -2.70. The van der Waals surface area contributed by atoms with Gasteiger partial charge in [-0.15, -0.1) is 0 Å². The summed E-state index contributed by atoms with van der Waals surface area (Å²) >= 11 is 0. The number of hydrogen-bond donors (Lipinski definition) is 2. The second kappa shape index (κ2) is 5.53. The van der Waals surface area contributed by atoms with Crippen molar-refractivity contribution >= 4 is 17.1 Å². The number of nitrogens with zero attached hydrogens (tertiary/aromatic N) is 1. The Morgan fingerprint density at radius 2 is 1.90 bits per heavy atom. The van der Waals surface area contributed by atoms with Gasteiger partial charge in [-0.1, -0.05) is 0 Å². The lowest BCUT2D eigenvalue weighted by atomic mass is 10.1. The van der Waals surface area contributed by atoms with E-state index in [1.807, 2.05) is 0 Å². The minimum atomic E-state index is -2.70. The molecule has 0 fully saturated rings. The Bertz CT molecular complexity index is 678. The molecule has 102 valence electrons. The zero-order valence-corrected chi connectivity index (χ0v) is 10.2. The largest absolute Gasteiger partial charge is 0.399 e. The second-order valence-electron chi connectivity index (χ2n) is 4.08. The van der Waals surface area contributed by atoms with Crippen LogP contribution in [0.5, 0.6) is 0 Å². The van der Waals surface area contributed by atoms with E-state index in [-0.39, 0.29) is 22.5 Å². The van der Waals surface area contributed by atoms with Crippen LogP contribution in [0.3, 0.4) is 0 Å². The van der Waals surface area contributed by atoms with Gasteiger partial charge in [-0.2, -0.15) is 5.26 Å². The van der Waals surface area contributed by atoms with E-state index in [1.165, 1.54) is 30.3 Å². The molecule has 20 heavy (non-hydrogen) atoms. The maximum absolute atomic E-state index is 13.2. The number of alkyl halides is 2. The SMILES string of the molecule is N#Cc1cc(Nc2ccc(N)cc2C(F)F)ccc1F. The molecule has 2 rings (SSSR count). The van der Waals surface area contributed by atoms with Gasteiger partial charge in [0.2, 0.25) is 0 Å². The van der Waals surface area contributed by atoms with E-state index in [0.29, 0.717) is 5.69 Å². The predicted molar refractivity (Wildman–Crippen MR) is 70.2 cm³/mol. The van der Waals surface area contributed by atoms with E-state index < -0.39 is 12.2 Å². The molecular weight excluding hydrogens is 267 g/mol. The van der Waals surface area contributed by atoms with Gasteiger partial charge in [-0.25, -0.2) is 13.2 Å². The van der Waals surface area contributed by atoms with Crippen LogP contribution < -0.4 is 11.1 Å². The molecule has 0 amide bonds. The maximum Gasteiger partial charge on any atom is 0.265 e. The fraction of sp³-hybridized carbons (Fsp3) is 0.0714. The fourth-order valence-electron chi connectivity index (χ4n) is 1.72. The molecule has 3 N–H and O–H groups in total. The number of benzene rings is 2. The summed E-state index contributed by atoms with van der Waals surface area (Å²) < 4.78 is 39.0. The van der Waals surface area contributed by atoms with E-state index >= 15 is 0 Å². The molecule has 2 aromatic carbocycles. The number of nitrogens with one attached hydrogen (secondary N) is 1. The van der Waals surface area contributed by atoms with Crippen LogP contribution in [0.15, 0.2) is 36.4 Å². The summed E-state index contributed by atoms with van der Waals surface area (Å²) in [5.41, 5.74) is 5.77. The van der Waals surface area contributed by atoms with Crippen LogP contribution in [0.2, 0.25) is 0 Å². The van der Waals surface area contributed by atoms with Crippen LogP contribution >= 0.6 is 0 Å². The minimum Gasteiger partial charge on any atom is -0.399 e. The van der Waals surface area contributed by atoms with Gasteiger partial charge in [-0.05, 0) is 36.4 Å². The molecule has 6 heteroatoms. The molecule has 0 saturated heterocycles. The quantitative estimate of drug-likeness (QED) is 0.835. The van der Waals surface area contributed by atoms with E-state index in [2.05, 4.69) is 5.32 Å². The molecule has 0 saturated carbocycles. The van der Waals surface area contributed by atoms with Crippen molar-refractivity contribution in [2.24, 2.45) is 0 Å². The van der Waals surface area contributed by atoms with Crippen molar-refractivity contribution in [1.82, 2.24) is 0 Å². The maximum atomic E-state index is 13.2. The Morgan fingerprint density at radius 3 is 2.55 bits per heavy atom. The molecule has 0 bridgehead atoms. The summed E-state index contributed by atoms with van der Waals surface area (Å²) in [5, 5.41) is 11.5. The Labute approximate surface area is 113 Å². The lowest BCUT2D eigenvalue weighted by molar-refractivity contribution is 0.152. The summed E-state index contributed by atoms with van der Waals surface area (Å²) in [6, 6.07) is 9.45. The van der Waals surface area contributed by atoms with Gasteiger partial charge in [-0.3, -0.25) is 0 Å². The van der Waals surface area contributed by atoms with Crippen LogP contribution in [0.1, 0.15) is 17.6 Å². The molecule has 0 aliphatic heterocycles. The summed E-state index contributed by atoms with van der Waals surface area (Å²) in [4.78, 5) is 0. The van der Waals surface area contributed by atoms with E-state index in [4.69, 9.17) is 11.0 Å². The first-order valence-corrected chi connectivity index (χ1v) is 5.65.